The van der Waals surface area contributed by atoms with E-state index in [0.717, 1.165) is 26.1 Å². The third-order valence-corrected chi connectivity index (χ3v) is 3.62. The highest BCUT2D eigenvalue weighted by molar-refractivity contribution is 5.03. The number of aliphatic hydroxyl groups excluding tert-OH is 1. The van der Waals surface area contributed by atoms with Crippen LogP contribution in [0.3, 0.4) is 0 Å². The second-order valence-electron chi connectivity index (χ2n) is 5.10. The zero-order valence-corrected chi connectivity index (χ0v) is 11.7. The Labute approximate surface area is 113 Å². The van der Waals surface area contributed by atoms with Gasteiger partial charge in [-0.25, -0.2) is 0 Å². The summed E-state index contributed by atoms with van der Waals surface area (Å²) in [5, 5.41) is 13.5. The number of aromatic nitrogens is 2. The SMILES string of the molecule is CCCN1C[C@@H](CO)[C@H](c2nc(CCOC)no2)C1. The van der Waals surface area contributed by atoms with Crippen molar-refractivity contribution < 1.29 is 14.4 Å². The second kappa shape index (κ2) is 6.98. The van der Waals surface area contributed by atoms with Crippen molar-refractivity contribution in [3.63, 3.8) is 0 Å². The number of hydrogen-bond acceptors (Lipinski definition) is 6. The quantitative estimate of drug-likeness (QED) is 0.784. The van der Waals surface area contributed by atoms with Crippen LogP contribution in [0.1, 0.15) is 31.0 Å². The first kappa shape index (κ1) is 14.4. The molecule has 0 radical (unpaired) electrons. The van der Waals surface area contributed by atoms with E-state index in [-0.39, 0.29) is 18.4 Å². The van der Waals surface area contributed by atoms with Crippen molar-refractivity contribution in [2.45, 2.75) is 25.7 Å². The number of hydrogen-bond donors (Lipinski definition) is 1. The van der Waals surface area contributed by atoms with E-state index in [1.54, 1.807) is 7.11 Å². The fourth-order valence-electron chi connectivity index (χ4n) is 2.64. The van der Waals surface area contributed by atoms with Gasteiger partial charge in [0.05, 0.1) is 12.5 Å². The molecule has 6 heteroatoms. The van der Waals surface area contributed by atoms with Gasteiger partial charge in [0.15, 0.2) is 5.82 Å². The van der Waals surface area contributed by atoms with Crippen LogP contribution in [0.5, 0.6) is 0 Å². The van der Waals surface area contributed by atoms with Crippen LogP contribution in [0.4, 0.5) is 0 Å². The summed E-state index contributed by atoms with van der Waals surface area (Å²) in [6.07, 6.45) is 1.78. The van der Waals surface area contributed by atoms with E-state index in [2.05, 4.69) is 22.0 Å². The van der Waals surface area contributed by atoms with Gasteiger partial charge in [-0.1, -0.05) is 12.1 Å². The normalized spacial score (nSPS) is 24.2. The Bertz CT molecular complexity index is 383. The lowest BCUT2D eigenvalue weighted by atomic mass is 9.97. The fourth-order valence-corrected chi connectivity index (χ4v) is 2.64. The molecule has 2 heterocycles. The van der Waals surface area contributed by atoms with Gasteiger partial charge in [-0.2, -0.15) is 4.98 Å². The van der Waals surface area contributed by atoms with Crippen molar-refractivity contribution in [3.8, 4) is 0 Å². The van der Waals surface area contributed by atoms with Gasteiger partial charge in [0.2, 0.25) is 5.89 Å². The predicted molar refractivity (Wildman–Crippen MR) is 69.9 cm³/mol. The number of ether oxygens (including phenoxy) is 1. The van der Waals surface area contributed by atoms with Gasteiger partial charge in [0.1, 0.15) is 0 Å². The molecular weight excluding hydrogens is 246 g/mol. The predicted octanol–water partition coefficient (Wildman–Crippen LogP) is 0.676. The van der Waals surface area contributed by atoms with Crippen LogP contribution in [0.25, 0.3) is 0 Å². The molecule has 108 valence electrons. The zero-order chi connectivity index (χ0) is 13.7. The van der Waals surface area contributed by atoms with Gasteiger partial charge in [0, 0.05) is 39.1 Å². The molecule has 1 saturated heterocycles. The topological polar surface area (TPSA) is 71.6 Å². The van der Waals surface area contributed by atoms with Gasteiger partial charge in [0.25, 0.3) is 0 Å². The maximum Gasteiger partial charge on any atom is 0.231 e. The number of aliphatic hydroxyl groups is 1. The molecule has 2 rings (SSSR count). The molecule has 0 spiro atoms. The van der Waals surface area contributed by atoms with E-state index in [9.17, 15) is 5.11 Å². The van der Waals surface area contributed by atoms with Crippen LogP contribution >= 0.6 is 0 Å². The van der Waals surface area contributed by atoms with Gasteiger partial charge in [-0.05, 0) is 13.0 Å². The molecule has 1 aromatic rings. The number of rotatable bonds is 7. The maximum absolute atomic E-state index is 9.50. The van der Waals surface area contributed by atoms with E-state index in [0.29, 0.717) is 24.7 Å². The molecule has 1 aromatic heterocycles. The number of likely N-dealkylation sites (tertiary alicyclic amines) is 1. The van der Waals surface area contributed by atoms with Crippen LogP contribution in [0.15, 0.2) is 4.52 Å². The van der Waals surface area contributed by atoms with Crippen LogP contribution in [-0.4, -0.2) is 60.1 Å². The van der Waals surface area contributed by atoms with Crippen LogP contribution < -0.4 is 0 Å². The summed E-state index contributed by atoms with van der Waals surface area (Å²) in [6, 6.07) is 0. The van der Waals surface area contributed by atoms with E-state index in [1.165, 1.54) is 0 Å². The van der Waals surface area contributed by atoms with E-state index >= 15 is 0 Å². The molecule has 1 fully saturated rings. The molecule has 0 bridgehead atoms. The summed E-state index contributed by atoms with van der Waals surface area (Å²) in [7, 11) is 1.66. The Morgan fingerprint density at radius 2 is 2.32 bits per heavy atom. The lowest BCUT2D eigenvalue weighted by Gasteiger charge is -2.12. The average Bonchev–Trinajstić information content (AvgIpc) is 3.02. The van der Waals surface area contributed by atoms with E-state index < -0.39 is 0 Å². The first-order chi connectivity index (χ1) is 9.28. The zero-order valence-electron chi connectivity index (χ0n) is 11.7. The second-order valence-corrected chi connectivity index (χ2v) is 5.10. The van der Waals surface area contributed by atoms with E-state index in [1.807, 2.05) is 0 Å². The van der Waals surface area contributed by atoms with Gasteiger partial charge in [-0.3, -0.25) is 0 Å². The molecule has 19 heavy (non-hydrogen) atoms. The lowest BCUT2D eigenvalue weighted by Crippen LogP contribution is -2.22. The minimum atomic E-state index is 0.153. The fraction of sp³-hybridized carbons (Fsp3) is 0.846. The molecule has 1 aliphatic heterocycles. The minimum absolute atomic E-state index is 0.153. The van der Waals surface area contributed by atoms with Crippen molar-refractivity contribution in [1.82, 2.24) is 15.0 Å². The van der Waals surface area contributed by atoms with Crippen molar-refractivity contribution in [2.75, 3.05) is 40.0 Å². The van der Waals surface area contributed by atoms with E-state index in [4.69, 9.17) is 9.26 Å². The highest BCUT2D eigenvalue weighted by Gasteiger charge is 2.36. The van der Waals surface area contributed by atoms with Crippen molar-refractivity contribution in [1.29, 1.82) is 0 Å². The van der Waals surface area contributed by atoms with Gasteiger partial charge < -0.3 is 19.3 Å². The Balaban J connectivity index is 2.00. The third-order valence-electron chi connectivity index (χ3n) is 3.62. The standard InChI is InChI=1S/C13H23N3O3/c1-3-5-16-7-10(9-17)11(8-16)13-14-12(15-19-13)4-6-18-2/h10-11,17H,3-9H2,1-2H3/t10-,11+/m0/s1. The molecule has 1 aliphatic rings. The summed E-state index contributed by atoms with van der Waals surface area (Å²) < 4.78 is 10.4. The average molecular weight is 269 g/mol. The monoisotopic (exact) mass is 269 g/mol. The lowest BCUT2D eigenvalue weighted by molar-refractivity contribution is 0.199. The maximum atomic E-state index is 9.50. The van der Waals surface area contributed by atoms with Crippen molar-refractivity contribution in [2.24, 2.45) is 5.92 Å². The van der Waals surface area contributed by atoms with Crippen LogP contribution in [-0.2, 0) is 11.2 Å². The summed E-state index contributed by atoms with van der Waals surface area (Å²) in [5.41, 5.74) is 0. The summed E-state index contributed by atoms with van der Waals surface area (Å²) in [5.74, 6) is 1.69. The van der Waals surface area contributed by atoms with Gasteiger partial charge in [-0.15, -0.1) is 0 Å². The van der Waals surface area contributed by atoms with Crippen LogP contribution in [0, 0.1) is 5.92 Å². The molecule has 0 amide bonds. The summed E-state index contributed by atoms with van der Waals surface area (Å²) in [6.45, 7) is 5.78. The molecule has 0 saturated carbocycles. The molecule has 6 nitrogen and oxygen atoms in total. The minimum Gasteiger partial charge on any atom is -0.396 e. The molecule has 2 atom stereocenters. The third kappa shape index (κ3) is 3.52. The summed E-state index contributed by atoms with van der Waals surface area (Å²) in [4.78, 5) is 6.78. The Morgan fingerprint density at radius 1 is 1.47 bits per heavy atom. The van der Waals surface area contributed by atoms with Gasteiger partial charge >= 0.3 is 0 Å². The van der Waals surface area contributed by atoms with Crippen molar-refractivity contribution in [3.05, 3.63) is 11.7 Å². The highest BCUT2D eigenvalue weighted by Crippen LogP contribution is 2.31. The number of nitrogens with zero attached hydrogens (tertiary/aromatic N) is 3. The van der Waals surface area contributed by atoms with Crippen molar-refractivity contribution >= 4 is 0 Å². The molecule has 0 aromatic carbocycles. The Morgan fingerprint density at radius 3 is 3.00 bits per heavy atom. The largest absolute Gasteiger partial charge is 0.396 e. The molecule has 0 aliphatic carbocycles. The first-order valence-electron chi connectivity index (χ1n) is 6.93. The Kier molecular flexibility index (Phi) is 5.30. The first-order valence-corrected chi connectivity index (χ1v) is 6.93. The molecule has 0 unspecified atom stereocenters. The molecule has 1 N–H and O–H groups in total. The highest BCUT2D eigenvalue weighted by atomic mass is 16.5. The smallest absolute Gasteiger partial charge is 0.231 e. The number of methoxy groups -OCH3 is 1. The Hall–Kier alpha value is -0.980. The van der Waals surface area contributed by atoms with Crippen LogP contribution in [0.2, 0.25) is 0 Å². The molecular formula is C13H23N3O3. The summed E-state index contributed by atoms with van der Waals surface area (Å²) >= 11 is 0.